The number of nitrogens with one attached hydrogen (secondary N) is 15. The predicted molar refractivity (Wildman–Crippen MR) is 450 cm³/mol. The molecular weight excluding hydrogens is 1630 g/mol. The number of hydrogen-bond donors (Lipinski definition) is 20. The number of carbonyl (C=O) groups excluding carboxylic acids is 14. The molecule has 2 aromatic heterocycles. The number of para-hydroxylation sites is 1. The van der Waals surface area contributed by atoms with Gasteiger partial charge < -0.3 is 115 Å². The number of carboxylic acids is 1. The number of amides is 13. The molecular formula is C85H96N18O20S. The summed E-state index contributed by atoms with van der Waals surface area (Å²) < 4.78 is 12.2. The molecule has 0 radical (unpaired) electrons. The topological polar surface area (TPSA) is 588 Å². The number of nitrogens with zero attached hydrogens (tertiary/aromatic N) is 1. The van der Waals surface area contributed by atoms with Gasteiger partial charge in [0.15, 0.2) is 10.7 Å². The third-order valence-corrected chi connectivity index (χ3v) is 20.5. The van der Waals surface area contributed by atoms with Gasteiger partial charge in [0.25, 0.3) is 0 Å². The van der Waals surface area contributed by atoms with Crippen LogP contribution in [0.25, 0.3) is 10.9 Å². The first-order valence-electron chi connectivity index (χ1n) is 39.7. The van der Waals surface area contributed by atoms with E-state index in [0.717, 1.165) is 17.8 Å². The standard InChI is InChI=1S/C85H96N18O20S/c1-45(104)89-30-14-13-23-62(97-81(119)68(40-73(110)111)102-77(115)64(33-49-18-8-5-9-19-49)99-78(116)65(94-47(3)106)34-50-41-92-60-21-11-10-20-55(50)60)75(113)98-63(32-48-16-6-4-7-17-48)76(114)101-67(39-72(86)109)80(118)100-66(36-52-42-88-44-93-52)79(117)103-69(43-91-46(2)105)82(120)96-61(74(87)112)22-12-15-31-90-84(124)95-51-24-27-57-56(35-51)83(121)123-85(57)58-28-25-53(107)37-70(58)122-71-38-54(108)26-29-59(71)85/h4-11,16-21,24-29,35,37-38,41-42,44,61-69,92,107-108H,12-15,22-23,30-34,36,39-40,43H2,1-3H3,(H2,86,109)(H2,87,112)(H,88,93)(H,89,104)(H,91,105)(H,94,106)(H,96,120)(H,97,119)(H,98,113)(H,99,116)(H,100,118)(H,101,114)(H,102,115)(H,103,117)(H,110,111)(H2,90,95,124)/t61-,62?,63?,64+,65?,66?,67?,68-,69-/m0/s1. The average Bonchev–Trinajstić information content (AvgIpc) is 1.54. The number of unbranched alkanes of at least 4 members (excludes halogenated alkanes) is 2. The predicted octanol–water partition coefficient (Wildman–Crippen LogP) is 0.959. The van der Waals surface area contributed by atoms with Crippen molar-refractivity contribution in [3.8, 4) is 23.0 Å². The van der Waals surface area contributed by atoms with E-state index < -0.39 is 169 Å². The van der Waals surface area contributed by atoms with Gasteiger partial charge in [0.05, 0.1) is 30.4 Å². The molecule has 10 rings (SSSR count). The summed E-state index contributed by atoms with van der Waals surface area (Å²) in [5, 5.41) is 65.7. The van der Waals surface area contributed by atoms with Crippen molar-refractivity contribution in [2.45, 2.75) is 158 Å². The van der Waals surface area contributed by atoms with E-state index in [1.165, 1.54) is 50.6 Å². The van der Waals surface area contributed by atoms with Crippen LogP contribution in [0.15, 0.2) is 158 Å². The second-order valence-corrected chi connectivity index (χ2v) is 30.1. The van der Waals surface area contributed by atoms with Crippen molar-refractivity contribution >= 4 is 123 Å². The quantitative estimate of drug-likeness (QED) is 0.0144. The Kier molecular flexibility index (Phi) is 31.7. The molecule has 5 unspecified atom stereocenters. The monoisotopic (exact) mass is 1720 g/mol. The maximum Gasteiger partial charge on any atom is 0.340 e. The lowest BCUT2D eigenvalue weighted by molar-refractivity contribution is -0.141. The van der Waals surface area contributed by atoms with E-state index in [1.807, 2.05) is 18.2 Å². The molecule has 38 nitrogen and oxygen atoms in total. The van der Waals surface area contributed by atoms with E-state index in [4.69, 9.17) is 33.2 Å². The number of esters is 1. The van der Waals surface area contributed by atoms with Crippen molar-refractivity contribution in [2.75, 3.05) is 25.0 Å². The second kappa shape index (κ2) is 42.9. The number of carboxylic acid groups (broad SMARTS) is 1. The summed E-state index contributed by atoms with van der Waals surface area (Å²) in [6.45, 7) is 3.35. The highest BCUT2D eigenvalue weighted by atomic mass is 32.1. The van der Waals surface area contributed by atoms with E-state index in [2.05, 4.69) is 84.1 Å². The first kappa shape index (κ1) is 91.5. The van der Waals surface area contributed by atoms with Crippen LogP contribution >= 0.6 is 12.2 Å². The maximum atomic E-state index is 14.9. The normalized spacial score (nSPS) is 14.2. The SMILES string of the molecule is CC(=O)NCCCCC(NC(=O)[C@H](CC(=O)O)NC(=O)[C@@H](Cc1ccccc1)NC(=O)C(Cc1c[nH]c2ccccc12)NC(C)=O)C(=O)NC(Cc1ccccc1)C(=O)NC(CC(N)=O)C(=O)NC(Cc1c[nH]cn1)C(=O)N[C@@H](CNC(C)=O)C(=O)N[C@@H](CCCCNC(=S)Nc1ccc2c(c1)C(=O)OC21c2ccc(O)cc2Oc2cc(O)ccc21)C(N)=O. The molecule has 22 N–H and O–H groups in total. The van der Waals surface area contributed by atoms with Gasteiger partial charge in [0.1, 0.15) is 77.4 Å². The van der Waals surface area contributed by atoms with Gasteiger partial charge in [-0.2, -0.15) is 0 Å². The van der Waals surface area contributed by atoms with E-state index in [0.29, 0.717) is 45.5 Å². The molecule has 13 amide bonds. The minimum atomic E-state index is -1.96. The fraction of sp³-hybridized carbons (Fsp3) is 0.329. The molecule has 124 heavy (non-hydrogen) atoms. The highest BCUT2D eigenvalue weighted by Gasteiger charge is 2.54. The molecule has 6 aromatic carbocycles. The van der Waals surface area contributed by atoms with Crippen molar-refractivity contribution in [2.24, 2.45) is 11.5 Å². The third-order valence-electron chi connectivity index (χ3n) is 20.3. The number of H-pyrrole nitrogens is 2. The fourth-order valence-corrected chi connectivity index (χ4v) is 14.5. The Labute approximate surface area is 714 Å². The van der Waals surface area contributed by atoms with Gasteiger partial charge in [0, 0.05) is 124 Å². The van der Waals surface area contributed by atoms with Gasteiger partial charge in [-0.3, -0.25) is 67.1 Å². The Bertz CT molecular complexity index is 5250. The molecule has 8 aromatic rings. The number of carbonyl (C=O) groups is 15. The minimum Gasteiger partial charge on any atom is -0.508 e. The van der Waals surface area contributed by atoms with Crippen LogP contribution in [-0.4, -0.2) is 198 Å². The molecule has 652 valence electrons. The van der Waals surface area contributed by atoms with Crippen LogP contribution in [-0.2, 0) is 103 Å². The second-order valence-electron chi connectivity index (χ2n) is 29.7. The zero-order chi connectivity index (χ0) is 89.3. The van der Waals surface area contributed by atoms with Crippen molar-refractivity contribution < 1.29 is 96.7 Å². The highest BCUT2D eigenvalue weighted by molar-refractivity contribution is 7.80. The van der Waals surface area contributed by atoms with Gasteiger partial charge in [-0.25, -0.2) is 9.78 Å². The van der Waals surface area contributed by atoms with Gasteiger partial charge in [0.2, 0.25) is 76.8 Å². The Hall–Kier alpha value is -14.8. The molecule has 4 heterocycles. The number of fused-ring (bicyclic) bond motifs is 7. The lowest BCUT2D eigenvalue weighted by atomic mass is 9.77. The summed E-state index contributed by atoms with van der Waals surface area (Å²) in [7, 11) is 0. The number of phenolic OH excluding ortho intramolecular Hbond substituents is 2. The number of aromatic hydroxyl groups is 2. The molecule has 0 fully saturated rings. The van der Waals surface area contributed by atoms with E-state index in [1.54, 1.807) is 103 Å². The van der Waals surface area contributed by atoms with E-state index in [-0.39, 0.29) is 110 Å². The Morgan fingerprint density at radius 2 is 0.960 bits per heavy atom. The van der Waals surface area contributed by atoms with Gasteiger partial charge in [-0.1, -0.05) is 84.9 Å². The average molecular weight is 1720 g/mol. The molecule has 0 saturated heterocycles. The Morgan fingerprint density at radius 1 is 0.484 bits per heavy atom. The van der Waals surface area contributed by atoms with Crippen LogP contribution in [0.3, 0.4) is 0 Å². The molecule has 0 bridgehead atoms. The molecule has 39 heteroatoms. The first-order valence-corrected chi connectivity index (χ1v) is 40.1. The zero-order valence-corrected chi connectivity index (χ0v) is 68.4. The summed E-state index contributed by atoms with van der Waals surface area (Å²) in [5.74, 6) is -14.4. The summed E-state index contributed by atoms with van der Waals surface area (Å²) in [4.78, 5) is 216. The summed E-state index contributed by atoms with van der Waals surface area (Å²) >= 11 is 5.59. The molecule has 1 spiro atoms. The molecule has 0 aliphatic carbocycles. The number of rotatable bonds is 43. The maximum absolute atomic E-state index is 14.9. The number of phenols is 2. The number of benzene rings is 6. The Balaban J connectivity index is 0.799. The van der Waals surface area contributed by atoms with Crippen LogP contribution in [0.5, 0.6) is 23.0 Å². The van der Waals surface area contributed by atoms with E-state index in [9.17, 15) is 87.2 Å². The number of aromatic amines is 2. The van der Waals surface area contributed by atoms with Crippen LogP contribution in [0.1, 0.15) is 122 Å². The van der Waals surface area contributed by atoms with E-state index >= 15 is 0 Å². The third kappa shape index (κ3) is 25.2. The largest absolute Gasteiger partial charge is 0.508 e. The summed E-state index contributed by atoms with van der Waals surface area (Å²) in [6.07, 6.45) is 1.82. The van der Waals surface area contributed by atoms with Crippen LogP contribution in [0, 0.1) is 0 Å². The van der Waals surface area contributed by atoms with Crippen LogP contribution < -0.4 is 85.3 Å². The van der Waals surface area contributed by atoms with Crippen LogP contribution in [0.2, 0.25) is 0 Å². The number of aliphatic carboxylic acids is 1. The van der Waals surface area contributed by atoms with Gasteiger partial charge in [-0.05, 0) is 110 Å². The first-order chi connectivity index (χ1) is 59.3. The summed E-state index contributed by atoms with van der Waals surface area (Å²) in [6, 6.07) is 22.5. The molecule has 2 aliphatic heterocycles. The zero-order valence-electron chi connectivity index (χ0n) is 67.6. The smallest absolute Gasteiger partial charge is 0.340 e. The van der Waals surface area contributed by atoms with Crippen molar-refractivity contribution in [3.05, 3.63) is 203 Å². The van der Waals surface area contributed by atoms with Gasteiger partial charge >= 0.3 is 11.9 Å². The summed E-state index contributed by atoms with van der Waals surface area (Å²) in [5.41, 5.74) is 14.4. The minimum absolute atomic E-state index is 0.0378. The number of ether oxygens (including phenoxy) is 2. The fourth-order valence-electron chi connectivity index (χ4n) is 14.3. The van der Waals surface area contributed by atoms with Crippen LogP contribution in [0.4, 0.5) is 5.69 Å². The number of aromatic nitrogens is 3. The lowest BCUT2D eigenvalue weighted by Gasteiger charge is -2.36. The molecule has 9 atom stereocenters. The van der Waals surface area contributed by atoms with Crippen molar-refractivity contribution in [3.63, 3.8) is 0 Å². The number of hydrogen-bond acceptors (Lipinski definition) is 21. The van der Waals surface area contributed by atoms with Crippen molar-refractivity contribution in [1.29, 1.82) is 0 Å². The number of primary amides is 2. The number of imidazole rings is 1. The molecule has 0 saturated carbocycles. The lowest BCUT2D eigenvalue weighted by Crippen LogP contribution is -2.62. The number of anilines is 1. The number of thiocarbonyl (C=S) groups is 1. The molecule has 2 aliphatic rings. The highest BCUT2D eigenvalue weighted by Crippen LogP contribution is 2.57. The number of nitrogens with two attached hydrogens (primary N) is 2. The van der Waals surface area contributed by atoms with Crippen molar-refractivity contribution in [1.82, 2.24) is 78.8 Å². The Morgan fingerprint density at radius 3 is 1.50 bits per heavy atom. The van der Waals surface area contributed by atoms with Gasteiger partial charge in [-0.15, -0.1) is 0 Å².